The number of rotatable bonds is 9. The monoisotopic (exact) mass is 445 g/mol. The second kappa shape index (κ2) is 9.62. The normalized spacial score (nSPS) is 10.8. The van der Waals surface area contributed by atoms with E-state index in [-0.39, 0.29) is 4.88 Å². The van der Waals surface area contributed by atoms with Crippen LogP contribution < -0.4 is 10.1 Å². The highest BCUT2D eigenvalue weighted by Crippen LogP contribution is 2.36. The van der Waals surface area contributed by atoms with Crippen molar-refractivity contribution in [3.05, 3.63) is 77.4 Å². The maximum atomic E-state index is 11.5. The molecule has 0 spiro atoms. The van der Waals surface area contributed by atoms with Gasteiger partial charge in [0.25, 0.3) is 0 Å². The molecular formula is C25H23N3O3S. The Labute approximate surface area is 190 Å². The van der Waals surface area contributed by atoms with E-state index in [0.29, 0.717) is 30.4 Å². The summed E-state index contributed by atoms with van der Waals surface area (Å²) >= 11 is 1.14. The molecule has 2 N–H and O–H groups in total. The Balaban J connectivity index is 1.50. The molecule has 0 unspecified atom stereocenters. The molecule has 0 amide bonds. The van der Waals surface area contributed by atoms with Crippen LogP contribution in [-0.4, -0.2) is 34.2 Å². The van der Waals surface area contributed by atoms with Crippen LogP contribution in [0.4, 0.5) is 5.82 Å². The highest BCUT2D eigenvalue weighted by Gasteiger charge is 2.18. The average Bonchev–Trinajstić information content (AvgIpc) is 3.24. The lowest BCUT2D eigenvalue weighted by Gasteiger charge is -2.11. The molecule has 4 rings (SSSR count). The number of hydrogen-bond donors (Lipinski definition) is 2. The van der Waals surface area contributed by atoms with Gasteiger partial charge in [-0.15, -0.1) is 11.3 Å². The summed E-state index contributed by atoms with van der Waals surface area (Å²) in [5, 5.41) is 15.2. The second-order valence-corrected chi connectivity index (χ2v) is 8.12. The van der Waals surface area contributed by atoms with E-state index in [0.717, 1.165) is 28.2 Å². The number of thiophene rings is 1. The minimum Gasteiger partial charge on any atom is -0.492 e. The average molecular weight is 446 g/mol. The number of aromatic carboxylic acids is 1. The van der Waals surface area contributed by atoms with Crippen LogP contribution in [0.15, 0.2) is 61.4 Å². The van der Waals surface area contributed by atoms with Crippen molar-refractivity contribution in [1.82, 2.24) is 9.97 Å². The first-order valence-electron chi connectivity index (χ1n) is 10.3. The number of carboxylic acids is 1. The van der Waals surface area contributed by atoms with Crippen LogP contribution >= 0.6 is 11.3 Å². The first-order chi connectivity index (χ1) is 15.6. The molecule has 0 radical (unpaired) electrons. The third-order valence-electron chi connectivity index (χ3n) is 5.08. The maximum Gasteiger partial charge on any atom is 0.349 e. The summed E-state index contributed by atoms with van der Waals surface area (Å²) in [6.07, 6.45) is 4.19. The van der Waals surface area contributed by atoms with Crippen LogP contribution in [0.5, 0.6) is 5.75 Å². The number of nitrogens with one attached hydrogen (secondary N) is 1. The molecule has 32 heavy (non-hydrogen) atoms. The van der Waals surface area contributed by atoms with Gasteiger partial charge in [0.15, 0.2) is 4.88 Å². The molecule has 0 bridgehead atoms. The molecule has 0 aliphatic heterocycles. The number of aromatic nitrogens is 2. The number of ether oxygens (including phenoxy) is 1. The third kappa shape index (κ3) is 4.48. The second-order valence-electron chi connectivity index (χ2n) is 7.07. The summed E-state index contributed by atoms with van der Waals surface area (Å²) in [5.74, 6) is 0.0334. The van der Waals surface area contributed by atoms with Gasteiger partial charge in [0, 0.05) is 18.7 Å². The molecule has 0 aliphatic rings. The maximum absolute atomic E-state index is 11.5. The molecule has 0 atom stereocenters. The van der Waals surface area contributed by atoms with Crippen molar-refractivity contribution < 1.29 is 14.6 Å². The van der Waals surface area contributed by atoms with Gasteiger partial charge in [-0.3, -0.25) is 0 Å². The van der Waals surface area contributed by atoms with Crippen molar-refractivity contribution in [3.63, 3.8) is 0 Å². The number of fused-ring (bicyclic) bond motifs is 1. The van der Waals surface area contributed by atoms with Crippen molar-refractivity contribution in [2.45, 2.75) is 13.3 Å². The molecular weight excluding hydrogens is 422 g/mol. The SMILES string of the molecule is C=Cc1c(CCNc2cc(-c3cc(OCC)c(C(=O)O)s3)ncn2)ccc2ccccc12. The fourth-order valence-corrected chi connectivity index (χ4v) is 4.53. The minimum absolute atomic E-state index is 0.170. The Bertz CT molecular complexity index is 1280. The van der Waals surface area contributed by atoms with Crippen molar-refractivity contribution in [2.75, 3.05) is 18.5 Å². The summed E-state index contributed by atoms with van der Waals surface area (Å²) in [5.41, 5.74) is 3.01. The summed E-state index contributed by atoms with van der Waals surface area (Å²) in [6, 6.07) is 16.1. The van der Waals surface area contributed by atoms with Crippen LogP contribution in [0.2, 0.25) is 0 Å². The highest BCUT2D eigenvalue weighted by molar-refractivity contribution is 7.17. The van der Waals surface area contributed by atoms with Crippen LogP contribution in [0.25, 0.3) is 27.4 Å². The lowest BCUT2D eigenvalue weighted by molar-refractivity contribution is 0.0698. The van der Waals surface area contributed by atoms with Crippen LogP contribution in [0.3, 0.4) is 0 Å². The molecule has 6 nitrogen and oxygen atoms in total. The van der Waals surface area contributed by atoms with E-state index < -0.39 is 5.97 Å². The van der Waals surface area contributed by atoms with Gasteiger partial charge in [-0.25, -0.2) is 14.8 Å². The van der Waals surface area contributed by atoms with Crippen molar-refractivity contribution in [3.8, 4) is 16.3 Å². The number of carbonyl (C=O) groups is 1. The molecule has 162 valence electrons. The fourth-order valence-electron chi connectivity index (χ4n) is 3.63. The molecule has 2 heterocycles. The lowest BCUT2D eigenvalue weighted by atomic mass is 9.97. The Hall–Kier alpha value is -3.71. The molecule has 7 heteroatoms. The van der Waals surface area contributed by atoms with Crippen LogP contribution in [-0.2, 0) is 6.42 Å². The number of hydrogen-bond acceptors (Lipinski definition) is 6. The van der Waals surface area contributed by atoms with Gasteiger partial charge in [0.2, 0.25) is 0 Å². The number of nitrogens with zero attached hydrogens (tertiary/aromatic N) is 2. The summed E-state index contributed by atoms with van der Waals surface area (Å²) in [4.78, 5) is 21.0. The van der Waals surface area contributed by atoms with Crippen molar-refractivity contribution in [2.24, 2.45) is 0 Å². The Morgan fingerprint density at radius 2 is 2.06 bits per heavy atom. The molecule has 2 aromatic carbocycles. The quantitative estimate of drug-likeness (QED) is 0.341. The van der Waals surface area contributed by atoms with Gasteiger partial charge in [0.1, 0.15) is 17.9 Å². The lowest BCUT2D eigenvalue weighted by Crippen LogP contribution is -2.07. The molecule has 0 saturated heterocycles. The third-order valence-corrected chi connectivity index (χ3v) is 6.20. The van der Waals surface area contributed by atoms with Gasteiger partial charge in [-0.1, -0.05) is 49.1 Å². The molecule has 0 aliphatic carbocycles. The largest absolute Gasteiger partial charge is 0.492 e. The van der Waals surface area contributed by atoms with Crippen LogP contribution in [0.1, 0.15) is 27.7 Å². The topological polar surface area (TPSA) is 84.3 Å². The zero-order valence-corrected chi connectivity index (χ0v) is 18.5. The van der Waals surface area contributed by atoms with E-state index in [1.165, 1.54) is 22.7 Å². The fraction of sp³-hybridized carbons (Fsp3) is 0.160. The number of carboxylic acid groups (broad SMARTS) is 1. The summed E-state index contributed by atoms with van der Waals surface area (Å²) in [7, 11) is 0. The molecule has 0 fully saturated rings. The molecule has 0 saturated carbocycles. The van der Waals surface area contributed by atoms with E-state index in [4.69, 9.17) is 4.74 Å². The number of benzene rings is 2. The Morgan fingerprint density at radius 3 is 2.84 bits per heavy atom. The van der Waals surface area contributed by atoms with Crippen molar-refractivity contribution >= 4 is 40.0 Å². The Kier molecular flexibility index (Phi) is 6.47. The minimum atomic E-state index is -1.01. The van der Waals surface area contributed by atoms with E-state index in [2.05, 4.69) is 46.1 Å². The van der Waals surface area contributed by atoms with Gasteiger partial charge in [-0.05, 0) is 35.2 Å². The predicted octanol–water partition coefficient (Wildman–Crippen LogP) is 5.75. The van der Waals surface area contributed by atoms with Gasteiger partial charge >= 0.3 is 5.97 Å². The standard InChI is InChI=1S/C25H23N3O3S/c1-3-18-17(10-9-16-7-5-6-8-19(16)18)11-12-26-23-13-20(27-15-28-23)22-14-21(31-4-2)24(32-22)25(29)30/h3,5-10,13-15H,1,4,11-12H2,2H3,(H,29,30)(H,26,27,28). The zero-order valence-electron chi connectivity index (χ0n) is 17.7. The first-order valence-corrected chi connectivity index (χ1v) is 11.1. The highest BCUT2D eigenvalue weighted by atomic mass is 32.1. The van der Waals surface area contributed by atoms with E-state index >= 15 is 0 Å². The van der Waals surface area contributed by atoms with Gasteiger partial charge in [-0.2, -0.15) is 0 Å². The summed E-state index contributed by atoms with van der Waals surface area (Å²) < 4.78 is 5.46. The molecule has 2 aromatic heterocycles. The van der Waals surface area contributed by atoms with Crippen LogP contribution in [0, 0.1) is 0 Å². The molecule has 4 aromatic rings. The first kappa shape index (κ1) is 21.5. The Morgan fingerprint density at radius 1 is 1.22 bits per heavy atom. The van der Waals surface area contributed by atoms with Crippen molar-refractivity contribution in [1.29, 1.82) is 0 Å². The van der Waals surface area contributed by atoms with E-state index in [1.54, 1.807) is 6.07 Å². The predicted molar refractivity (Wildman–Crippen MR) is 130 cm³/mol. The van der Waals surface area contributed by atoms with Gasteiger partial charge < -0.3 is 15.2 Å². The van der Waals surface area contributed by atoms with Gasteiger partial charge in [0.05, 0.1) is 17.2 Å². The summed E-state index contributed by atoms with van der Waals surface area (Å²) in [6.45, 7) is 6.90. The number of anilines is 1. The zero-order chi connectivity index (χ0) is 22.5. The van der Waals surface area contributed by atoms with E-state index in [1.807, 2.05) is 31.2 Å². The van der Waals surface area contributed by atoms with E-state index in [9.17, 15) is 9.90 Å². The smallest absolute Gasteiger partial charge is 0.349 e.